The molecule has 0 saturated carbocycles. The lowest BCUT2D eigenvalue weighted by Crippen LogP contribution is -2.48. The van der Waals surface area contributed by atoms with Gasteiger partial charge >= 0.3 is 12.0 Å². The highest BCUT2D eigenvalue weighted by atomic mass is 16.4. The number of aliphatic carboxylic acids is 1. The van der Waals surface area contributed by atoms with E-state index in [1.54, 1.807) is 0 Å². The lowest BCUT2D eigenvalue weighted by molar-refractivity contribution is -0.137. The maximum Gasteiger partial charge on any atom is 0.317 e. The van der Waals surface area contributed by atoms with Gasteiger partial charge in [-0.05, 0) is 30.6 Å². The zero-order valence-corrected chi connectivity index (χ0v) is 12.2. The van der Waals surface area contributed by atoms with E-state index >= 15 is 0 Å². The Morgan fingerprint density at radius 2 is 1.89 bits per heavy atom. The molecular formula is C14H26N2O3. The number of carbonyl (C=O) groups is 2. The first kappa shape index (κ1) is 15.8. The standard InChI is InChI=1S/C14H26N2O3/c1-11(2)14(3)6-9-16(10-7-14)13(19)15-8-4-5-12(17)18/h11H,4-10H2,1-3H3,(H,15,19)(H,17,18). The number of carboxylic acids is 1. The quantitative estimate of drug-likeness (QED) is 0.753. The Morgan fingerprint density at radius 1 is 1.32 bits per heavy atom. The van der Waals surface area contributed by atoms with Crippen LogP contribution in [-0.4, -0.2) is 41.6 Å². The van der Waals surface area contributed by atoms with E-state index in [1.807, 2.05) is 4.90 Å². The zero-order valence-electron chi connectivity index (χ0n) is 12.2. The fourth-order valence-electron chi connectivity index (χ4n) is 2.34. The van der Waals surface area contributed by atoms with Crippen molar-refractivity contribution in [2.24, 2.45) is 11.3 Å². The molecule has 0 aromatic rings. The number of likely N-dealkylation sites (tertiary alicyclic amines) is 1. The van der Waals surface area contributed by atoms with Crippen molar-refractivity contribution < 1.29 is 14.7 Å². The van der Waals surface area contributed by atoms with E-state index in [0.717, 1.165) is 25.9 Å². The first-order chi connectivity index (χ1) is 8.85. The molecule has 1 aliphatic heterocycles. The summed E-state index contributed by atoms with van der Waals surface area (Å²) in [5.74, 6) is -0.187. The third-order valence-corrected chi connectivity index (χ3v) is 4.43. The number of rotatable bonds is 5. The number of amides is 2. The van der Waals surface area contributed by atoms with Crippen molar-refractivity contribution in [2.75, 3.05) is 19.6 Å². The van der Waals surface area contributed by atoms with Crippen molar-refractivity contribution >= 4 is 12.0 Å². The van der Waals surface area contributed by atoms with Crippen LogP contribution in [0.5, 0.6) is 0 Å². The van der Waals surface area contributed by atoms with E-state index in [4.69, 9.17) is 5.11 Å². The molecule has 0 aliphatic carbocycles. The molecule has 0 spiro atoms. The van der Waals surface area contributed by atoms with Crippen LogP contribution in [0.25, 0.3) is 0 Å². The molecule has 5 nitrogen and oxygen atoms in total. The molecule has 0 bridgehead atoms. The molecule has 1 aliphatic rings. The first-order valence-electron chi connectivity index (χ1n) is 7.10. The van der Waals surface area contributed by atoms with Gasteiger partial charge in [0.1, 0.15) is 0 Å². The molecule has 110 valence electrons. The summed E-state index contributed by atoms with van der Waals surface area (Å²) in [5, 5.41) is 11.3. The molecular weight excluding hydrogens is 244 g/mol. The van der Waals surface area contributed by atoms with Gasteiger partial charge in [0.25, 0.3) is 0 Å². The van der Waals surface area contributed by atoms with Crippen LogP contribution in [-0.2, 0) is 4.79 Å². The molecule has 2 N–H and O–H groups in total. The van der Waals surface area contributed by atoms with Gasteiger partial charge in [-0.3, -0.25) is 4.79 Å². The SMILES string of the molecule is CC(C)C1(C)CCN(C(=O)NCCCC(=O)O)CC1. The summed E-state index contributed by atoms with van der Waals surface area (Å²) < 4.78 is 0. The molecule has 0 aromatic heterocycles. The number of carboxylic acid groups (broad SMARTS) is 1. The molecule has 1 saturated heterocycles. The third kappa shape index (κ3) is 4.73. The topological polar surface area (TPSA) is 69.6 Å². The number of hydrogen-bond donors (Lipinski definition) is 2. The molecule has 1 rings (SSSR count). The van der Waals surface area contributed by atoms with Gasteiger partial charge in [0, 0.05) is 26.1 Å². The Morgan fingerprint density at radius 3 is 2.37 bits per heavy atom. The van der Waals surface area contributed by atoms with Gasteiger partial charge in [-0.1, -0.05) is 20.8 Å². The highest BCUT2D eigenvalue weighted by molar-refractivity contribution is 5.74. The fraction of sp³-hybridized carbons (Fsp3) is 0.857. The maximum atomic E-state index is 11.9. The predicted octanol–water partition coefficient (Wildman–Crippen LogP) is 2.32. The lowest BCUT2D eigenvalue weighted by Gasteiger charge is -2.42. The van der Waals surface area contributed by atoms with E-state index in [2.05, 4.69) is 26.1 Å². The van der Waals surface area contributed by atoms with Gasteiger partial charge in [-0.25, -0.2) is 4.79 Å². The average molecular weight is 270 g/mol. The van der Waals surface area contributed by atoms with Gasteiger partial charge in [-0.2, -0.15) is 0 Å². The fourth-order valence-corrected chi connectivity index (χ4v) is 2.34. The summed E-state index contributed by atoms with van der Waals surface area (Å²) in [5.41, 5.74) is 0.333. The first-order valence-corrected chi connectivity index (χ1v) is 7.10. The summed E-state index contributed by atoms with van der Waals surface area (Å²) in [4.78, 5) is 24.1. The Bertz CT molecular complexity index is 321. The van der Waals surface area contributed by atoms with Crippen molar-refractivity contribution in [1.82, 2.24) is 10.2 Å². The minimum atomic E-state index is -0.820. The lowest BCUT2D eigenvalue weighted by atomic mass is 9.72. The van der Waals surface area contributed by atoms with Crippen LogP contribution in [0.3, 0.4) is 0 Å². The summed E-state index contributed by atoms with van der Waals surface area (Å²) >= 11 is 0. The molecule has 1 fully saturated rings. The Kier molecular flexibility index (Phi) is 5.63. The molecule has 2 amide bonds. The third-order valence-electron chi connectivity index (χ3n) is 4.43. The molecule has 0 unspecified atom stereocenters. The molecule has 5 heteroatoms. The molecule has 19 heavy (non-hydrogen) atoms. The number of nitrogens with one attached hydrogen (secondary N) is 1. The molecule has 1 heterocycles. The van der Waals surface area contributed by atoms with Gasteiger partial charge in [0.15, 0.2) is 0 Å². The van der Waals surface area contributed by atoms with Crippen LogP contribution in [0.4, 0.5) is 4.79 Å². The van der Waals surface area contributed by atoms with E-state index in [9.17, 15) is 9.59 Å². The maximum absolute atomic E-state index is 11.9. The summed E-state index contributed by atoms with van der Waals surface area (Å²) in [6.45, 7) is 8.78. The Balaban J connectivity index is 2.27. The van der Waals surface area contributed by atoms with Crippen molar-refractivity contribution in [3.05, 3.63) is 0 Å². The number of urea groups is 1. The van der Waals surface area contributed by atoms with Crippen molar-refractivity contribution in [2.45, 2.75) is 46.5 Å². The summed E-state index contributed by atoms with van der Waals surface area (Å²) in [6.07, 6.45) is 2.66. The van der Waals surface area contributed by atoms with Crippen molar-refractivity contribution in [3.63, 3.8) is 0 Å². The summed E-state index contributed by atoms with van der Waals surface area (Å²) in [6, 6.07) is -0.0591. The smallest absolute Gasteiger partial charge is 0.317 e. The Hall–Kier alpha value is -1.26. The van der Waals surface area contributed by atoms with Gasteiger partial charge in [-0.15, -0.1) is 0 Å². The van der Waals surface area contributed by atoms with Crippen LogP contribution in [0.2, 0.25) is 0 Å². The van der Waals surface area contributed by atoms with Crippen LogP contribution >= 0.6 is 0 Å². The highest BCUT2D eigenvalue weighted by Crippen LogP contribution is 2.37. The molecule has 0 radical (unpaired) electrons. The van der Waals surface area contributed by atoms with E-state index < -0.39 is 5.97 Å². The van der Waals surface area contributed by atoms with Crippen LogP contribution in [0.15, 0.2) is 0 Å². The zero-order chi connectivity index (χ0) is 14.5. The second-order valence-electron chi connectivity index (χ2n) is 6.03. The largest absolute Gasteiger partial charge is 0.481 e. The molecule has 0 aromatic carbocycles. The number of hydrogen-bond acceptors (Lipinski definition) is 2. The second kappa shape index (κ2) is 6.78. The van der Waals surface area contributed by atoms with E-state index in [0.29, 0.717) is 24.3 Å². The van der Waals surface area contributed by atoms with Crippen LogP contribution in [0.1, 0.15) is 46.5 Å². The Labute approximate surface area is 115 Å². The average Bonchev–Trinajstić information content (AvgIpc) is 2.35. The van der Waals surface area contributed by atoms with Crippen molar-refractivity contribution in [3.8, 4) is 0 Å². The van der Waals surface area contributed by atoms with E-state index in [-0.39, 0.29) is 12.5 Å². The number of nitrogens with zero attached hydrogens (tertiary/aromatic N) is 1. The minimum absolute atomic E-state index is 0.0591. The number of piperidine rings is 1. The second-order valence-corrected chi connectivity index (χ2v) is 6.03. The summed E-state index contributed by atoms with van der Waals surface area (Å²) in [7, 11) is 0. The monoisotopic (exact) mass is 270 g/mol. The van der Waals surface area contributed by atoms with E-state index in [1.165, 1.54) is 0 Å². The van der Waals surface area contributed by atoms with Crippen LogP contribution < -0.4 is 5.32 Å². The van der Waals surface area contributed by atoms with Gasteiger partial charge in [0.2, 0.25) is 0 Å². The van der Waals surface area contributed by atoms with Gasteiger partial charge < -0.3 is 15.3 Å². The number of carbonyl (C=O) groups excluding carboxylic acids is 1. The predicted molar refractivity (Wildman–Crippen MR) is 74.0 cm³/mol. The van der Waals surface area contributed by atoms with Crippen molar-refractivity contribution in [1.29, 1.82) is 0 Å². The highest BCUT2D eigenvalue weighted by Gasteiger charge is 2.34. The molecule has 0 atom stereocenters. The van der Waals surface area contributed by atoms with Crippen LogP contribution in [0, 0.1) is 11.3 Å². The van der Waals surface area contributed by atoms with Gasteiger partial charge in [0.05, 0.1) is 0 Å². The minimum Gasteiger partial charge on any atom is -0.481 e. The normalized spacial score (nSPS) is 18.4.